The summed E-state index contributed by atoms with van der Waals surface area (Å²) >= 11 is 5.75. The summed E-state index contributed by atoms with van der Waals surface area (Å²) in [5, 5.41) is 3.38. The van der Waals surface area contributed by atoms with Crippen LogP contribution in [-0.2, 0) is 0 Å². The third-order valence-corrected chi connectivity index (χ3v) is 2.67. The van der Waals surface area contributed by atoms with Crippen LogP contribution in [0, 0.1) is 11.6 Å². The summed E-state index contributed by atoms with van der Waals surface area (Å²) in [6.45, 7) is 1.79. The Morgan fingerprint density at radius 2 is 1.83 bits per heavy atom. The first-order valence-electron chi connectivity index (χ1n) is 5.39. The van der Waals surface area contributed by atoms with Gasteiger partial charge in [-0.2, -0.15) is 0 Å². The van der Waals surface area contributed by atoms with Gasteiger partial charge >= 0.3 is 0 Å². The summed E-state index contributed by atoms with van der Waals surface area (Å²) in [6, 6.07) is 8.26. The predicted molar refractivity (Wildman–Crippen MR) is 67.6 cm³/mol. The van der Waals surface area contributed by atoms with Crippen LogP contribution in [0.5, 0.6) is 0 Å². The fraction of sp³-hybridized carbons (Fsp3) is 0.154. The maximum absolute atomic E-state index is 13.1. The Balaban J connectivity index is 2.19. The zero-order chi connectivity index (χ0) is 13.1. The number of nitrogens with zero attached hydrogens (tertiary/aromatic N) is 1. The van der Waals surface area contributed by atoms with E-state index in [1.165, 1.54) is 12.1 Å². The molecule has 0 aliphatic carbocycles. The molecule has 1 aromatic heterocycles. The number of hydrogen-bond donors (Lipinski definition) is 1. The molecule has 5 heteroatoms. The van der Waals surface area contributed by atoms with E-state index < -0.39 is 11.6 Å². The minimum Gasteiger partial charge on any atom is -0.363 e. The Hall–Kier alpha value is -1.68. The number of anilines is 1. The van der Waals surface area contributed by atoms with E-state index in [9.17, 15) is 8.78 Å². The van der Waals surface area contributed by atoms with Gasteiger partial charge in [-0.25, -0.2) is 13.8 Å². The van der Waals surface area contributed by atoms with E-state index >= 15 is 0 Å². The molecule has 0 aliphatic heterocycles. The van der Waals surface area contributed by atoms with Crippen molar-refractivity contribution in [2.24, 2.45) is 0 Å². The number of halogens is 3. The van der Waals surface area contributed by atoms with Crippen LogP contribution in [0.15, 0.2) is 36.4 Å². The van der Waals surface area contributed by atoms with E-state index in [0.29, 0.717) is 16.5 Å². The van der Waals surface area contributed by atoms with Gasteiger partial charge in [-0.3, -0.25) is 0 Å². The molecule has 0 bridgehead atoms. The highest BCUT2D eigenvalue weighted by Crippen LogP contribution is 2.20. The second-order valence-electron chi connectivity index (χ2n) is 3.91. The van der Waals surface area contributed by atoms with Crippen molar-refractivity contribution in [3.05, 3.63) is 58.7 Å². The fourth-order valence-corrected chi connectivity index (χ4v) is 1.78. The summed E-state index contributed by atoms with van der Waals surface area (Å²) in [6.07, 6.45) is 0. The molecule has 0 amide bonds. The zero-order valence-corrected chi connectivity index (χ0v) is 10.4. The number of nitrogens with one attached hydrogen (secondary N) is 1. The van der Waals surface area contributed by atoms with Crippen LogP contribution < -0.4 is 5.32 Å². The number of benzene rings is 1. The second-order valence-corrected chi connectivity index (χ2v) is 4.30. The van der Waals surface area contributed by atoms with E-state index in [1.54, 1.807) is 25.1 Å². The Kier molecular flexibility index (Phi) is 3.77. The standard InChI is InChI=1S/C13H11ClF2N2/c1-8(9-5-10(15)7-11(16)6-9)17-13-4-2-3-12(14)18-13/h2-8H,1H3,(H,17,18). The smallest absolute Gasteiger partial charge is 0.131 e. The fourth-order valence-electron chi connectivity index (χ4n) is 1.62. The first kappa shape index (κ1) is 12.8. The monoisotopic (exact) mass is 268 g/mol. The van der Waals surface area contributed by atoms with Crippen molar-refractivity contribution in [3.63, 3.8) is 0 Å². The van der Waals surface area contributed by atoms with Crippen LogP contribution in [0.3, 0.4) is 0 Å². The van der Waals surface area contributed by atoms with Crippen molar-refractivity contribution in [2.75, 3.05) is 5.32 Å². The van der Waals surface area contributed by atoms with E-state index in [2.05, 4.69) is 10.3 Å². The molecule has 0 radical (unpaired) electrons. The van der Waals surface area contributed by atoms with Crippen molar-refractivity contribution in [1.82, 2.24) is 4.98 Å². The van der Waals surface area contributed by atoms with Gasteiger partial charge in [-0.05, 0) is 36.8 Å². The largest absolute Gasteiger partial charge is 0.363 e. The van der Waals surface area contributed by atoms with Gasteiger partial charge in [-0.15, -0.1) is 0 Å². The molecule has 0 saturated heterocycles. The molecule has 1 unspecified atom stereocenters. The maximum Gasteiger partial charge on any atom is 0.131 e. The lowest BCUT2D eigenvalue weighted by Crippen LogP contribution is -2.08. The van der Waals surface area contributed by atoms with Gasteiger partial charge in [-0.1, -0.05) is 17.7 Å². The van der Waals surface area contributed by atoms with Gasteiger partial charge in [0.2, 0.25) is 0 Å². The Labute approximate surface area is 109 Å². The highest BCUT2D eigenvalue weighted by atomic mass is 35.5. The molecule has 1 atom stereocenters. The molecular weight excluding hydrogens is 258 g/mol. The SMILES string of the molecule is CC(Nc1cccc(Cl)n1)c1cc(F)cc(F)c1. The van der Waals surface area contributed by atoms with Gasteiger partial charge in [0, 0.05) is 6.07 Å². The lowest BCUT2D eigenvalue weighted by molar-refractivity contribution is 0.577. The van der Waals surface area contributed by atoms with Crippen molar-refractivity contribution >= 4 is 17.4 Å². The van der Waals surface area contributed by atoms with Crippen molar-refractivity contribution < 1.29 is 8.78 Å². The molecule has 1 N–H and O–H groups in total. The Morgan fingerprint density at radius 3 is 2.44 bits per heavy atom. The van der Waals surface area contributed by atoms with Gasteiger partial charge in [0.25, 0.3) is 0 Å². The third-order valence-electron chi connectivity index (χ3n) is 2.46. The zero-order valence-electron chi connectivity index (χ0n) is 9.62. The van der Waals surface area contributed by atoms with Gasteiger partial charge in [0.15, 0.2) is 0 Å². The Bertz CT molecular complexity index is 540. The average Bonchev–Trinajstić information content (AvgIpc) is 2.27. The minimum absolute atomic E-state index is 0.277. The molecule has 0 fully saturated rings. The van der Waals surface area contributed by atoms with Crippen LogP contribution in [0.2, 0.25) is 5.15 Å². The van der Waals surface area contributed by atoms with Gasteiger partial charge in [0.1, 0.15) is 22.6 Å². The summed E-state index contributed by atoms with van der Waals surface area (Å²) in [5.41, 5.74) is 0.509. The molecule has 2 rings (SSSR count). The van der Waals surface area contributed by atoms with E-state index in [4.69, 9.17) is 11.6 Å². The first-order chi connectivity index (χ1) is 8.54. The van der Waals surface area contributed by atoms with E-state index in [0.717, 1.165) is 6.07 Å². The number of hydrogen-bond acceptors (Lipinski definition) is 2. The van der Waals surface area contributed by atoms with Crippen LogP contribution in [-0.4, -0.2) is 4.98 Å². The topological polar surface area (TPSA) is 24.9 Å². The van der Waals surface area contributed by atoms with Crippen molar-refractivity contribution in [1.29, 1.82) is 0 Å². The Morgan fingerprint density at radius 1 is 1.17 bits per heavy atom. The summed E-state index contributed by atoms with van der Waals surface area (Å²) in [5.74, 6) is -0.643. The molecule has 0 saturated carbocycles. The lowest BCUT2D eigenvalue weighted by atomic mass is 10.1. The third kappa shape index (κ3) is 3.17. The molecule has 1 heterocycles. The normalized spacial score (nSPS) is 12.2. The maximum atomic E-state index is 13.1. The summed E-state index contributed by atoms with van der Waals surface area (Å²) in [4.78, 5) is 4.05. The van der Waals surface area contributed by atoms with Crippen LogP contribution >= 0.6 is 11.6 Å². The molecule has 94 valence electrons. The van der Waals surface area contributed by atoms with Crippen LogP contribution in [0.4, 0.5) is 14.6 Å². The summed E-state index contributed by atoms with van der Waals surface area (Å²) in [7, 11) is 0. The van der Waals surface area contributed by atoms with Crippen LogP contribution in [0.25, 0.3) is 0 Å². The molecule has 2 aromatic rings. The number of aromatic nitrogens is 1. The molecule has 2 nitrogen and oxygen atoms in total. The minimum atomic E-state index is -0.599. The van der Waals surface area contributed by atoms with Crippen molar-refractivity contribution in [3.8, 4) is 0 Å². The van der Waals surface area contributed by atoms with E-state index in [1.807, 2.05) is 0 Å². The molecule has 1 aromatic carbocycles. The second kappa shape index (κ2) is 5.31. The number of pyridine rings is 1. The van der Waals surface area contributed by atoms with E-state index in [-0.39, 0.29) is 6.04 Å². The predicted octanol–water partition coefficient (Wildman–Crippen LogP) is 4.19. The highest BCUT2D eigenvalue weighted by molar-refractivity contribution is 6.29. The molecule has 0 aliphatic rings. The number of rotatable bonds is 3. The molecular formula is C13H11ClF2N2. The first-order valence-corrected chi connectivity index (χ1v) is 5.77. The van der Waals surface area contributed by atoms with Crippen molar-refractivity contribution in [2.45, 2.75) is 13.0 Å². The average molecular weight is 269 g/mol. The van der Waals surface area contributed by atoms with Crippen LogP contribution in [0.1, 0.15) is 18.5 Å². The van der Waals surface area contributed by atoms with Gasteiger partial charge < -0.3 is 5.32 Å². The highest BCUT2D eigenvalue weighted by Gasteiger charge is 2.09. The quantitative estimate of drug-likeness (QED) is 0.845. The summed E-state index contributed by atoms with van der Waals surface area (Å²) < 4.78 is 26.2. The van der Waals surface area contributed by atoms with Gasteiger partial charge in [0.05, 0.1) is 6.04 Å². The molecule has 18 heavy (non-hydrogen) atoms. The lowest BCUT2D eigenvalue weighted by Gasteiger charge is -2.15. The molecule has 0 spiro atoms.